The third-order valence-corrected chi connectivity index (χ3v) is 7.14. The summed E-state index contributed by atoms with van der Waals surface area (Å²) in [6, 6.07) is 8.15. The lowest BCUT2D eigenvalue weighted by Gasteiger charge is -2.40. The number of rotatable bonds is 5. The standard InChI is InChI=1S/C16H22N2O4S/c17-14-9-15(19)13(14)8-16(20)18-10-6-12(7-10)23(21,22)11-4-2-1-3-5-11/h1-5,10,12-15,19H,6-9,17H2,(H,18,20). The number of hydrogen-bond acceptors (Lipinski definition) is 5. The first-order chi connectivity index (χ1) is 10.9. The lowest BCUT2D eigenvalue weighted by molar-refractivity contribution is -0.126. The van der Waals surface area contributed by atoms with Gasteiger partial charge in [-0.05, 0) is 31.4 Å². The maximum absolute atomic E-state index is 12.4. The van der Waals surface area contributed by atoms with E-state index in [9.17, 15) is 18.3 Å². The van der Waals surface area contributed by atoms with Crippen LogP contribution >= 0.6 is 0 Å². The van der Waals surface area contributed by atoms with Gasteiger partial charge in [0, 0.05) is 24.4 Å². The Morgan fingerprint density at radius 3 is 2.43 bits per heavy atom. The van der Waals surface area contributed by atoms with Crippen LogP contribution in [0.3, 0.4) is 0 Å². The van der Waals surface area contributed by atoms with E-state index in [2.05, 4.69) is 5.32 Å². The van der Waals surface area contributed by atoms with Gasteiger partial charge >= 0.3 is 0 Å². The van der Waals surface area contributed by atoms with Crippen LogP contribution in [0.4, 0.5) is 0 Å². The molecule has 126 valence electrons. The topological polar surface area (TPSA) is 109 Å². The van der Waals surface area contributed by atoms with Gasteiger partial charge < -0.3 is 16.2 Å². The fourth-order valence-corrected chi connectivity index (χ4v) is 5.14. The molecule has 0 bridgehead atoms. The van der Waals surface area contributed by atoms with Crippen LogP contribution in [0.15, 0.2) is 35.2 Å². The molecule has 1 aromatic carbocycles. The zero-order valence-electron chi connectivity index (χ0n) is 12.8. The van der Waals surface area contributed by atoms with Gasteiger partial charge in [0.2, 0.25) is 5.91 Å². The van der Waals surface area contributed by atoms with Crippen LogP contribution in [0.2, 0.25) is 0 Å². The molecule has 0 aromatic heterocycles. The molecule has 2 saturated carbocycles. The van der Waals surface area contributed by atoms with Gasteiger partial charge in [-0.1, -0.05) is 18.2 Å². The monoisotopic (exact) mass is 338 g/mol. The summed E-state index contributed by atoms with van der Waals surface area (Å²) >= 11 is 0. The highest BCUT2D eigenvalue weighted by molar-refractivity contribution is 7.92. The normalized spacial score (nSPS) is 33.4. The van der Waals surface area contributed by atoms with Crippen molar-refractivity contribution in [3.8, 4) is 0 Å². The number of benzene rings is 1. The van der Waals surface area contributed by atoms with E-state index >= 15 is 0 Å². The number of carbonyl (C=O) groups excluding carboxylic acids is 1. The molecule has 2 aliphatic carbocycles. The van der Waals surface area contributed by atoms with Crippen LogP contribution in [-0.4, -0.2) is 42.9 Å². The second kappa shape index (κ2) is 6.22. The molecule has 6 nitrogen and oxygen atoms in total. The molecule has 2 aliphatic rings. The average Bonchev–Trinajstić information content (AvgIpc) is 2.49. The summed E-state index contributed by atoms with van der Waals surface area (Å²) in [5.41, 5.74) is 5.76. The molecule has 3 rings (SSSR count). The van der Waals surface area contributed by atoms with Crippen molar-refractivity contribution < 1.29 is 18.3 Å². The molecular weight excluding hydrogens is 316 g/mol. The molecule has 1 aromatic rings. The van der Waals surface area contributed by atoms with Crippen LogP contribution in [0, 0.1) is 5.92 Å². The van der Waals surface area contributed by atoms with E-state index in [1.807, 2.05) is 0 Å². The van der Waals surface area contributed by atoms with Crippen molar-refractivity contribution in [1.29, 1.82) is 0 Å². The molecule has 0 aliphatic heterocycles. The van der Waals surface area contributed by atoms with Crippen molar-refractivity contribution in [2.75, 3.05) is 0 Å². The Morgan fingerprint density at radius 1 is 1.22 bits per heavy atom. The van der Waals surface area contributed by atoms with Gasteiger partial charge in [-0.15, -0.1) is 0 Å². The predicted octanol–water partition coefficient (Wildman–Crippen LogP) is 0.206. The number of aliphatic hydroxyl groups excluding tert-OH is 1. The first-order valence-electron chi connectivity index (χ1n) is 7.90. The maximum Gasteiger partial charge on any atom is 0.220 e. The van der Waals surface area contributed by atoms with E-state index in [1.165, 1.54) is 0 Å². The third kappa shape index (κ3) is 3.27. The second-order valence-electron chi connectivity index (χ2n) is 6.55. The third-order valence-electron chi connectivity index (χ3n) is 4.95. The predicted molar refractivity (Wildman–Crippen MR) is 85.3 cm³/mol. The van der Waals surface area contributed by atoms with Crippen LogP contribution < -0.4 is 11.1 Å². The van der Waals surface area contributed by atoms with E-state index < -0.39 is 21.2 Å². The van der Waals surface area contributed by atoms with Crippen LogP contribution in [-0.2, 0) is 14.6 Å². The highest BCUT2D eigenvalue weighted by atomic mass is 32.2. The molecule has 7 heteroatoms. The Balaban J connectivity index is 1.49. The van der Waals surface area contributed by atoms with Crippen LogP contribution in [0.1, 0.15) is 25.7 Å². The Bertz CT molecular complexity index is 663. The molecule has 3 unspecified atom stereocenters. The van der Waals surface area contributed by atoms with Gasteiger partial charge in [-0.2, -0.15) is 0 Å². The Hall–Kier alpha value is -1.44. The number of nitrogens with one attached hydrogen (secondary N) is 1. The number of aliphatic hydroxyl groups is 1. The Kier molecular flexibility index (Phi) is 4.44. The minimum absolute atomic E-state index is 0.112. The van der Waals surface area contributed by atoms with Crippen LogP contribution in [0.5, 0.6) is 0 Å². The number of amides is 1. The van der Waals surface area contributed by atoms with Crippen molar-refractivity contribution in [2.45, 2.75) is 54.0 Å². The number of sulfone groups is 1. The van der Waals surface area contributed by atoms with Gasteiger partial charge in [0.05, 0.1) is 16.2 Å². The van der Waals surface area contributed by atoms with Crippen molar-refractivity contribution in [2.24, 2.45) is 11.7 Å². The van der Waals surface area contributed by atoms with E-state index in [-0.39, 0.29) is 30.3 Å². The average molecular weight is 338 g/mol. The number of nitrogens with two attached hydrogens (primary N) is 1. The summed E-state index contributed by atoms with van der Waals surface area (Å²) in [6.07, 6.45) is 1.11. The highest BCUT2D eigenvalue weighted by Gasteiger charge is 2.42. The van der Waals surface area contributed by atoms with Gasteiger partial charge in [0.1, 0.15) is 0 Å². The minimum atomic E-state index is -3.32. The van der Waals surface area contributed by atoms with Crippen molar-refractivity contribution >= 4 is 15.7 Å². The smallest absolute Gasteiger partial charge is 0.220 e. The summed E-state index contributed by atoms with van der Waals surface area (Å²) in [6.45, 7) is 0. The van der Waals surface area contributed by atoms with E-state index in [0.29, 0.717) is 24.2 Å². The molecule has 4 N–H and O–H groups in total. The minimum Gasteiger partial charge on any atom is -0.393 e. The lowest BCUT2D eigenvalue weighted by Crippen LogP contribution is -2.54. The molecule has 1 amide bonds. The van der Waals surface area contributed by atoms with E-state index in [4.69, 9.17) is 5.73 Å². The van der Waals surface area contributed by atoms with Gasteiger partial charge in [-0.25, -0.2) is 8.42 Å². The zero-order valence-corrected chi connectivity index (χ0v) is 13.6. The Morgan fingerprint density at radius 2 is 1.87 bits per heavy atom. The Labute approximate surface area is 136 Å². The summed E-state index contributed by atoms with van der Waals surface area (Å²) in [7, 11) is -3.32. The lowest BCUT2D eigenvalue weighted by atomic mass is 9.75. The summed E-state index contributed by atoms with van der Waals surface area (Å²) in [4.78, 5) is 12.3. The first-order valence-corrected chi connectivity index (χ1v) is 9.44. The van der Waals surface area contributed by atoms with Crippen molar-refractivity contribution in [1.82, 2.24) is 5.32 Å². The molecule has 0 saturated heterocycles. The largest absolute Gasteiger partial charge is 0.393 e. The zero-order chi connectivity index (χ0) is 16.6. The van der Waals surface area contributed by atoms with Gasteiger partial charge in [0.15, 0.2) is 9.84 Å². The van der Waals surface area contributed by atoms with E-state index in [1.54, 1.807) is 30.3 Å². The van der Waals surface area contributed by atoms with E-state index in [0.717, 1.165) is 0 Å². The molecule has 3 atom stereocenters. The van der Waals surface area contributed by atoms with Crippen LogP contribution in [0.25, 0.3) is 0 Å². The molecule has 2 fully saturated rings. The molecule has 0 heterocycles. The van der Waals surface area contributed by atoms with Crippen molar-refractivity contribution in [3.05, 3.63) is 30.3 Å². The van der Waals surface area contributed by atoms with Gasteiger partial charge in [-0.3, -0.25) is 4.79 Å². The number of carbonyl (C=O) groups is 1. The second-order valence-corrected chi connectivity index (χ2v) is 8.78. The number of hydrogen-bond donors (Lipinski definition) is 3. The molecule has 23 heavy (non-hydrogen) atoms. The molecular formula is C16H22N2O4S. The molecule has 0 radical (unpaired) electrons. The summed E-state index contributed by atoms with van der Waals surface area (Å²) in [5, 5.41) is 12.0. The fourth-order valence-electron chi connectivity index (χ4n) is 3.25. The summed E-state index contributed by atoms with van der Waals surface area (Å²) < 4.78 is 24.8. The maximum atomic E-state index is 12.4. The molecule has 0 spiro atoms. The SMILES string of the molecule is NC1CC(O)C1CC(=O)NC1CC(S(=O)(=O)c2ccccc2)C1. The first kappa shape index (κ1) is 16.4. The quantitative estimate of drug-likeness (QED) is 0.711. The fraction of sp³-hybridized carbons (Fsp3) is 0.562. The van der Waals surface area contributed by atoms with Gasteiger partial charge in [0.25, 0.3) is 0 Å². The highest BCUT2D eigenvalue weighted by Crippen LogP contribution is 2.33. The summed E-state index contributed by atoms with van der Waals surface area (Å²) in [5.74, 6) is -0.344. The van der Waals surface area contributed by atoms with Crippen molar-refractivity contribution in [3.63, 3.8) is 0 Å².